The van der Waals surface area contributed by atoms with E-state index in [2.05, 4.69) is 15.6 Å². The zero-order valence-corrected chi connectivity index (χ0v) is 11.0. The lowest BCUT2D eigenvalue weighted by atomic mass is 10.2. The molecule has 1 heterocycles. The van der Waals surface area contributed by atoms with E-state index in [0.29, 0.717) is 16.8 Å². The molecule has 0 aliphatic rings. The van der Waals surface area contributed by atoms with E-state index in [0.717, 1.165) is 0 Å². The minimum absolute atomic E-state index is 0.187. The van der Waals surface area contributed by atoms with Crippen molar-refractivity contribution in [3.8, 4) is 6.07 Å². The van der Waals surface area contributed by atoms with Gasteiger partial charge in [0.05, 0.1) is 23.4 Å². The van der Waals surface area contributed by atoms with Crippen molar-refractivity contribution in [3.05, 3.63) is 59.9 Å². The van der Waals surface area contributed by atoms with E-state index in [1.54, 1.807) is 42.6 Å². The van der Waals surface area contributed by atoms with Crippen LogP contribution < -0.4 is 10.6 Å². The lowest BCUT2D eigenvalue weighted by Gasteiger charge is -2.08. The molecule has 2 aromatic rings. The first-order chi connectivity index (χ1) is 10.2. The normalized spacial score (nSPS) is 9.48. The Morgan fingerprint density at radius 1 is 1.19 bits per heavy atom. The molecule has 2 amide bonds. The molecule has 6 nitrogen and oxygen atoms in total. The summed E-state index contributed by atoms with van der Waals surface area (Å²) in [6.07, 6.45) is 2.97. The van der Waals surface area contributed by atoms with Crippen LogP contribution in [-0.2, 0) is 4.79 Å². The molecule has 21 heavy (non-hydrogen) atoms. The number of hydrogen-bond acceptors (Lipinski definition) is 4. The molecule has 0 aliphatic heterocycles. The number of benzene rings is 1. The van der Waals surface area contributed by atoms with E-state index in [-0.39, 0.29) is 12.5 Å². The summed E-state index contributed by atoms with van der Waals surface area (Å²) in [6.45, 7) is -0.187. The van der Waals surface area contributed by atoms with Crippen LogP contribution in [0.5, 0.6) is 0 Å². The molecule has 104 valence electrons. The Morgan fingerprint density at radius 3 is 2.71 bits per heavy atom. The molecule has 1 aromatic carbocycles. The lowest BCUT2D eigenvalue weighted by Crippen LogP contribution is -2.33. The quantitative estimate of drug-likeness (QED) is 0.883. The number of aromatic nitrogens is 1. The van der Waals surface area contributed by atoms with Gasteiger partial charge in [-0.05, 0) is 24.3 Å². The average molecular weight is 280 g/mol. The summed E-state index contributed by atoms with van der Waals surface area (Å²) in [5.41, 5.74) is 1.16. The first-order valence-electron chi connectivity index (χ1n) is 6.18. The number of pyridine rings is 1. The van der Waals surface area contributed by atoms with Crippen molar-refractivity contribution < 1.29 is 9.59 Å². The van der Waals surface area contributed by atoms with Gasteiger partial charge in [0.25, 0.3) is 5.91 Å². The lowest BCUT2D eigenvalue weighted by molar-refractivity contribution is -0.115. The summed E-state index contributed by atoms with van der Waals surface area (Å²) < 4.78 is 0. The van der Waals surface area contributed by atoms with Crippen LogP contribution in [0.4, 0.5) is 5.69 Å². The second-order valence-corrected chi connectivity index (χ2v) is 4.13. The smallest absolute Gasteiger partial charge is 0.253 e. The number of carbonyl (C=O) groups excluding carboxylic acids is 2. The van der Waals surface area contributed by atoms with Crippen LogP contribution in [0.1, 0.15) is 15.9 Å². The molecule has 0 fully saturated rings. The van der Waals surface area contributed by atoms with Gasteiger partial charge in [-0.25, -0.2) is 0 Å². The largest absolute Gasteiger partial charge is 0.343 e. The number of carbonyl (C=O) groups is 2. The highest BCUT2D eigenvalue weighted by Gasteiger charge is 2.09. The molecular formula is C15H12N4O2. The molecule has 0 unspecified atom stereocenters. The molecule has 0 saturated heterocycles. The minimum Gasteiger partial charge on any atom is -0.343 e. The van der Waals surface area contributed by atoms with Crippen LogP contribution in [0.15, 0.2) is 48.8 Å². The summed E-state index contributed by atoms with van der Waals surface area (Å²) in [6, 6.07) is 11.9. The number of para-hydroxylation sites is 1. The third kappa shape index (κ3) is 3.88. The van der Waals surface area contributed by atoms with Crippen LogP contribution in [0.25, 0.3) is 0 Å². The van der Waals surface area contributed by atoms with Crippen LogP contribution in [0, 0.1) is 11.3 Å². The highest BCUT2D eigenvalue weighted by atomic mass is 16.2. The number of nitrogens with zero attached hydrogens (tertiary/aromatic N) is 2. The first-order valence-corrected chi connectivity index (χ1v) is 6.18. The molecule has 6 heteroatoms. The van der Waals surface area contributed by atoms with E-state index in [1.165, 1.54) is 6.20 Å². The zero-order chi connectivity index (χ0) is 15.1. The van der Waals surface area contributed by atoms with E-state index in [9.17, 15) is 9.59 Å². The van der Waals surface area contributed by atoms with Crippen LogP contribution in [0.2, 0.25) is 0 Å². The van der Waals surface area contributed by atoms with Crippen molar-refractivity contribution in [3.63, 3.8) is 0 Å². The summed E-state index contributed by atoms with van der Waals surface area (Å²) in [7, 11) is 0. The first kappa shape index (κ1) is 14.2. The van der Waals surface area contributed by atoms with Gasteiger partial charge < -0.3 is 10.6 Å². The third-order valence-electron chi connectivity index (χ3n) is 2.65. The fourth-order valence-corrected chi connectivity index (χ4v) is 1.64. The number of hydrogen-bond donors (Lipinski definition) is 2. The molecule has 0 aliphatic carbocycles. The van der Waals surface area contributed by atoms with E-state index < -0.39 is 5.91 Å². The van der Waals surface area contributed by atoms with Gasteiger partial charge >= 0.3 is 0 Å². The maximum atomic E-state index is 11.8. The van der Waals surface area contributed by atoms with Gasteiger partial charge in [-0.1, -0.05) is 12.1 Å². The van der Waals surface area contributed by atoms with E-state index in [1.807, 2.05) is 6.07 Å². The average Bonchev–Trinajstić information content (AvgIpc) is 2.54. The number of nitriles is 1. The Hall–Kier alpha value is -3.20. The summed E-state index contributed by atoms with van der Waals surface area (Å²) >= 11 is 0. The topological polar surface area (TPSA) is 94.9 Å². The van der Waals surface area contributed by atoms with Gasteiger partial charge in [-0.15, -0.1) is 0 Å². The number of nitrogens with one attached hydrogen (secondary N) is 2. The summed E-state index contributed by atoms with van der Waals surface area (Å²) in [4.78, 5) is 27.3. The molecule has 0 spiro atoms. The third-order valence-corrected chi connectivity index (χ3v) is 2.65. The van der Waals surface area contributed by atoms with Gasteiger partial charge in [0.2, 0.25) is 5.91 Å². The number of rotatable bonds is 4. The predicted octanol–water partition coefficient (Wildman–Crippen LogP) is 1.32. The predicted molar refractivity (Wildman–Crippen MR) is 76.4 cm³/mol. The maximum Gasteiger partial charge on any atom is 0.253 e. The SMILES string of the molecule is N#Cc1ccccc1NC(=O)CNC(=O)c1cccnc1. The monoisotopic (exact) mass is 280 g/mol. The fourth-order valence-electron chi connectivity index (χ4n) is 1.64. The van der Waals surface area contributed by atoms with Gasteiger partial charge in [-0.2, -0.15) is 5.26 Å². The maximum absolute atomic E-state index is 11.8. The second-order valence-electron chi connectivity index (χ2n) is 4.13. The van der Waals surface area contributed by atoms with Gasteiger partial charge in [0.1, 0.15) is 6.07 Å². The molecule has 0 atom stereocenters. The van der Waals surface area contributed by atoms with Crippen LogP contribution in [0.3, 0.4) is 0 Å². The summed E-state index contributed by atoms with van der Waals surface area (Å²) in [5, 5.41) is 14.0. The van der Waals surface area contributed by atoms with E-state index >= 15 is 0 Å². The molecule has 0 saturated carbocycles. The van der Waals surface area contributed by atoms with Crippen molar-refractivity contribution in [1.82, 2.24) is 10.3 Å². The highest BCUT2D eigenvalue weighted by molar-refractivity contribution is 5.99. The Kier molecular flexibility index (Phi) is 4.62. The minimum atomic E-state index is -0.407. The Labute approximate surface area is 121 Å². The molecule has 2 rings (SSSR count). The van der Waals surface area contributed by atoms with Crippen molar-refractivity contribution >= 4 is 17.5 Å². The molecular weight excluding hydrogens is 268 g/mol. The van der Waals surface area contributed by atoms with Crippen molar-refractivity contribution in [1.29, 1.82) is 5.26 Å². The highest BCUT2D eigenvalue weighted by Crippen LogP contribution is 2.12. The van der Waals surface area contributed by atoms with Crippen molar-refractivity contribution in [2.75, 3.05) is 11.9 Å². The second kappa shape index (κ2) is 6.82. The Bertz CT molecular complexity index is 692. The molecule has 2 N–H and O–H groups in total. The summed E-state index contributed by atoms with van der Waals surface area (Å²) in [5.74, 6) is -0.790. The standard InChI is InChI=1S/C15H12N4O2/c16-8-11-4-1-2-6-13(11)19-14(20)10-18-15(21)12-5-3-7-17-9-12/h1-7,9H,10H2,(H,18,21)(H,19,20). The van der Waals surface area contributed by atoms with Crippen LogP contribution in [-0.4, -0.2) is 23.3 Å². The number of anilines is 1. The van der Waals surface area contributed by atoms with Gasteiger partial charge in [0, 0.05) is 12.4 Å². The molecule has 0 bridgehead atoms. The zero-order valence-electron chi connectivity index (χ0n) is 11.0. The van der Waals surface area contributed by atoms with Crippen LogP contribution >= 0.6 is 0 Å². The Balaban J connectivity index is 1.91. The van der Waals surface area contributed by atoms with Gasteiger partial charge in [0.15, 0.2) is 0 Å². The fraction of sp³-hybridized carbons (Fsp3) is 0.0667. The van der Waals surface area contributed by atoms with E-state index in [4.69, 9.17) is 5.26 Å². The molecule has 0 radical (unpaired) electrons. The number of amides is 2. The Morgan fingerprint density at radius 2 is 2.00 bits per heavy atom. The molecule has 1 aromatic heterocycles. The van der Waals surface area contributed by atoms with Gasteiger partial charge in [-0.3, -0.25) is 14.6 Å². The van der Waals surface area contributed by atoms with Crippen molar-refractivity contribution in [2.24, 2.45) is 0 Å². The van der Waals surface area contributed by atoms with Crippen molar-refractivity contribution in [2.45, 2.75) is 0 Å².